The van der Waals surface area contributed by atoms with Crippen LogP contribution in [0.1, 0.15) is 20.7 Å². The van der Waals surface area contributed by atoms with Crippen molar-refractivity contribution in [3.8, 4) is 0 Å². The number of benzene rings is 2. The summed E-state index contributed by atoms with van der Waals surface area (Å²) in [5.41, 5.74) is 0.620. The first-order valence-corrected chi connectivity index (χ1v) is 14.0. The topological polar surface area (TPSA) is 112 Å². The molecule has 0 aliphatic carbocycles. The fraction of sp³-hybridized carbons (Fsp3) is 0.440. The van der Waals surface area contributed by atoms with Crippen LogP contribution in [0.5, 0.6) is 0 Å². The number of hydrogen-bond acceptors (Lipinski definition) is 8. The number of aliphatic hydroxyl groups excluding tert-OH is 2. The number of rotatable bonds is 9. The van der Waals surface area contributed by atoms with Crippen LogP contribution in [-0.2, 0) is 18.9 Å². The Hall–Kier alpha value is -2.43. The zero-order valence-corrected chi connectivity index (χ0v) is 20.4. The van der Waals surface area contributed by atoms with Gasteiger partial charge in [-0.15, -0.1) is 0 Å². The molecule has 9 heteroatoms. The lowest BCUT2D eigenvalue weighted by Gasteiger charge is -2.41. The van der Waals surface area contributed by atoms with Crippen LogP contribution in [-0.4, -0.2) is 90.6 Å². The number of aliphatic hydroxyl groups is 2. The van der Waals surface area contributed by atoms with Crippen LogP contribution < -0.4 is 0 Å². The SMILES string of the molecule is CS(C)(C)CCOC1OC(COC(=O)c2ccccc2)C(O)C(OC(=O)c2ccccc2)C1O. The summed E-state index contributed by atoms with van der Waals surface area (Å²) in [7, 11) is -0.854. The molecule has 2 aromatic carbocycles. The van der Waals surface area contributed by atoms with Crippen LogP contribution in [0.3, 0.4) is 0 Å². The van der Waals surface area contributed by atoms with Gasteiger partial charge in [-0.1, -0.05) is 36.4 Å². The Labute approximate surface area is 201 Å². The van der Waals surface area contributed by atoms with E-state index in [1.165, 1.54) is 0 Å². The molecule has 1 heterocycles. The van der Waals surface area contributed by atoms with Crippen LogP contribution in [0.25, 0.3) is 0 Å². The van der Waals surface area contributed by atoms with Gasteiger partial charge in [0.1, 0.15) is 24.9 Å². The van der Waals surface area contributed by atoms with Gasteiger partial charge in [0, 0.05) is 5.75 Å². The van der Waals surface area contributed by atoms with E-state index in [2.05, 4.69) is 18.8 Å². The lowest BCUT2D eigenvalue weighted by molar-refractivity contribution is -0.298. The van der Waals surface area contributed by atoms with Crippen molar-refractivity contribution in [2.45, 2.75) is 30.7 Å². The standard InChI is InChI=1S/C25H32O8S/c1-34(2,3)15-14-30-25-21(27)22(33-24(29)18-12-8-5-9-13-18)20(26)19(32-25)16-31-23(28)17-10-6-4-7-11-17/h4-13,19-22,25-27H,14-16H2,1-3H3. The molecule has 186 valence electrons. The second-order valence-corrected chi connectivity index (χ2v) is 13.5. The Balaban J connectivity index is 1.71. The van der Waals surface area contributed by atoms with E-state index in [0.29, 0.717) is 12.2 Å². The summed E-state index contributed by atoms with van der Waals surface area (Å²) in [6.45, 7) is -0.00207. The van der Waals surface area contributed by atoms with Gasteiger partial charge in [-0.25, -0.2) is 19.6 Å². The molecule has 0 spiro atoms. The van der Waals surface area contributed by atoms with Gasteiger partial charge in [0.05, 0.1) is 17.7 Å². The third-order valence-electron chi connectivity index (χ3n) is 5.26. The molecule has 0 saturated carbocycles. The second kappa shape index (κ2) is 11.8. The summed E-state index contributed by atoms with van der Waals surface area (Å²) < 4.78 is 22.3. The largest absolute Gasteiger partial charge is 0.459 e. The fourth-order valence-electron chi connectivity index (χ4n) is 3.31. The van der Waals surface area contributed by atoms with Crippen molar-refractivity contribution in [1.82, 2.24) is 0 Å². The molecule has 0 aromatic heterocycles. The minimum absolute atomic E-state index is 0.272. The monoisotopic (exact) mass is 492 g/mol. The summed E-state index contributed by atoms with van der Waals surface area (Å²) in [6, 6.07) is 16.7. The summed E-state index contributed by atoms with van der Waals surface area (Å²) in [5, 5.41) is 21.7. The molecule has 2 aromatic rings. The first-order chi connectivity index (χ1) is 16.2. The second-order valence-electron chi connectivity index (χ2n) is 8.89. The molecule has 3 rings (SSSR count). The van der Waals surface area contributed by atoms with Gasteiger partial charge < -0.3 is 29.2 Å². The third-order valence-corrected chi connectivity index (χ3v) is 6.65. The number of hydrogen-bond donors (Lipinski definition) is 2. The van der Waals surface area contributed by atoms with E-state index in [1.54, 1.807) is 60.7 Å². The van der Waals surface area contributed by atoms with Crippen molar-refractivity contribution in [3.05, 3.63) is 71.8 Å². The van der Waals surface area contributed by atoms with Crippen LogP contribution >= 0.6 is 10.0 Å². The van der Waals surface area contributed by atoms with Crippen molar-refractivity contribution in [2.75, 3.05) is 37.7 Å². The molecule has 8 nitrogen and oxygen atoms in total. The summed E-state index contributed by atoms with van der Waals surface area (Å²) in [6.07, 6.45) is -0.0554. The smallest absolute Gasteiger partial charge is 0.338 e. The predicted octanol–water partition coefficient (Wildman–Crippen LogP) is 2.23. The van der Waals surface area contributed by atoms with E-state index in [4.69, 9.17) is 18.9 Å². The molecule has 0 amide bonds. The van der Waals surface area contributed by atoms with Gasteiger partial charge in [-0.2, -0.15) is 0 Å². The highest BCUT2D eigenvalue weighted by molar-refractivity contribution is 8.32. The van der Waals surface area contributed by atoms with Crippen LogP contribution in [0.4, 0.5) is 0 Å². The Kier molecular flexibility index (Phi) is 9.10. The molecule has 1 fully saturated rings. The lowest BCUT2D eigenvalue weighted by atomic mass is 9.98. The summed E-state index contributed by atoms with van der Waals surface area (Å²) in [4.78, 5) is 24.9. The molecule has 34 heavy (non-hydrogen) atoms. The van der Waals surface area contributed by atoms with Gasteiger partial charge in [0.2, 0.25) is 0 Å². The van der Waals surface area contributed by atoms with Gasteiger partial charge >= 0.3 is 11.9 Å². The molecule has 1 saturated heterocycles. The Bertz CT molecular complexity index is 931. The van der Waals surface area contributed by atoms with E-state index in [1.807, 2.05) is 0 Å². The highest BCUT2D eigenvalue weighted by Crippen LogP contribution is 2.34. The fourth-order valence-corrected chi connectivity index (χ4v) is 3.91. The maximum absolute atomic E-state index is 12.6. The molecule has 1 aliphatic rings. The summed E-state index contributed by atoms with van der Waals surface area (Å²) in [5.74, 6) is -0.526. The van der Waals surface area contributed by atoms with Crippen LogP contribution in [0, 0.1) is 0 Å². The first kappa shape index (κ1) is 26.2. The zero-order chi connectivity index (χ0) is 24.7. The molecular weight excluding hydrogens is 460 g/mol. The third kappa shape index (κ3) is 7.28. The lowest BCUT2D eigenvalue weighted by Crippen LogP contribution is -2.60. The molecule has 5 unspecified atom stereocenters. The van der Waals surface area contributed by atoms with Crippen molar-refractivity contribution in [2.24, 2.45) is 0 Å². The maximum atomic E-state index is 12.6. The highest BCUT2D eigenvalue weighted by atomic mass is 32.3. The molecule has 0 bridgehead atoms. The highest BCUT2D eigenvalue weighted by Gasteiger charge is 2.48. The predicted molar refractivity (Wildman–Crippen MR) is 129 cm³/mol. The van der Waals surface area contributed by atoms with Crippen molar-refractivity contribution >= 4 is 22.0 Å². The van der Waals surface area contributed by atoms with Crippen molar-refractivity contribution in [3.63, 3.8) is 0 Å². The number of ether oxygens (including phenoxy) is 4. The number of esters is 2. The average molecular weight is 493 g/mol. The number of carbonyl (C=O) groups excluding carboxylic acids is 2. The van der Waals surface area contributed by atoms with Crippen LogP contribution in [0.2, 0.25) is 0 Å². The molecule has 0 radical (unpaired) electrons. The minimum atomic E-state index is -1.45. The average Bonchev–Trinajstić information content (AvgIpc) is 2.82. The normalized spacial score (nSPS) is 25.4. The Morgan fingerprint density at radius 3 is 2.00 bits per heavy atom. The summed E-state index contributed by atoms with van der Waals surface area (Å²) >= 11 is 0. The van der Waals surface area contributed by atoms with Crippen molar-refractivity contribution in [1.29, 1.82) is 0 Å². The number of carbonyl (C=O) groups is 2. The first-order valence-electron chi connectivity index (χ1n) is 10.9. The minimum Gasteiger partial charge on any atom is -0.459 e. The Morgan fingerprint density at radius 1 is 0.882 bits per heavy atom. The van der Waals surface area contributed by atoms with E-state index in [9.17, 15) is 19.8 Å². The zero-order valence-electron chi connectivity index (χ0n) is 19.5. The van der Waals surface area contributed by atoms with E-state index in [0.717, 1.165) is 5.75 Å². The van der Waals surface area contributed by atoms with Crippen molar-refractivity contribution < 1.29 is 38.7 Å². The molecule has 5 atom stereocenters. The maximum Gasteiger partial charge on any atom is 0.338 e. The molecule has 2 N–H and O–H groups in total. The van der Waals surface area contributed by atoms with E-state index >= 15 is 0 Å². The van der Waals surface area contributed by atoms with E-state index in [-0.39, 0.29) is 12.2 Å². The van der Waals surface area contributed by atoms with Gasteiger partial charge in [-0.3, -0.25) is 0 Å². The van der Waals surface area contributed by atoms with E-state index < -0.39 is 52.7 Å². The van der Waals surface area contributed by atoms with Gasteiger partial charge in [0.25, 0.3) is 0 Å². The molecule has 1 aliphatic heterocycles. The van der Waals surface area contributed by atoms with Crippen LogP contribution in [0.15, 0.2) is 60.7 Å². The van der Waals surface area contributed by atoms with Gasteiger partial charge in [-0.05, 0) is 43.0 Å². The molecular formula is C25H32O8S. The Morgan fingerprint density at radius 2 is 1.44 bits per heavy atom. The quantitative estimate of drug-likeness (QED) is 0.513. The van der Waals surface area contributed by atoms with Gasteiger partial charge in [0.15, 0.2) is 12.4 Å².